The van der Waals surface area contributed by atoms with Crippen molar-refractivity contribution in [1.82, 2.24) is 15.0 Å². The van der Waals surface area contributed by atoms with Gasteiger partial charge in [0.05, 0.1) is 26.3 Å². The molecule has 0 fully saturated rings. The van der Waals surface area contributed by atoms with Crippen LogP contribution in [0.5, 0.6) is 17.2 Å². The first-order valence-corrected chi connectivity index (χ1v) is 10.0. The third kappa shape index (κ3) is 5.46. The van der Waals surface area contributed by atoms with Gasteiger partial charge in [0.25, 0.3) is 5.91 Å². The standard InChI is InChI=1S/C22H24ClN3O5/c1-5-18(30-15-8-6-14(23)7-9-15)22(27)26(2)13-20-24-21(25-31-20)17-11-10-16(28-3)12-19(17)29-4/h6-12,18H,5,13H2,1-4H3. The molecule has 1 atom stereocenters. The number of ether oxygens (including phenoxy) is 3. The normalized spacial score (nSPS) is 11.6. The zero-order valence-electron chi connectivity index (χ0n) is 17.8. The molecular weight excluding hydrogens is 422 g/mol. The molecule has 8 nitrogen and oxygen atoms in total. The fraction of sp³-hybridized carbons (Fsp3) is 0.318. The number of carbonyl (C=O) groups excluding carboxylic acids is 1. The highest BCUT2D eigenvalue weighted by Crippen LogP contribution is 2.31. The van der Waals surface area contributed by atoms with Gasteiger partial charge in [0, 0.05) is 18.1 Å². The maximum atomic E-state index is 12.8. The molecule has 0 N–H and O–H groups in total. The van der Waals surface area contributed by atoms with Crippen molar-refractivity contribution in [3.8, 4) is 28.6 Å². The minimum atomic E-state index is -0.643. The third-order valence-electron chi connectivity index (χ3n) is 4.60. The fourth-order valence-electron chi connectivity index (χ4n) is 2.92. The lowest BCUT2D eigenvalue weighted by atomic mass is 10.2. The van der Waals surface area contributed by atoms with E-state index in [0.29, 0.717) is 46.0 Å². The maximum absolute atomic E-state index is 12.8. The van der Waals surface area contributed by atoms with Gasteiger partial charge in [0.1, 0.15) is 17.2 Å². The minimum Gasteiger partial charge on any atom is -0.497 e. The van der Waals surface area contributed by atoms with Gasteiger partial charge < -0.3 is 23.6 Å². The molecule has 9 heteroatoms. The Kier molecular flexibility index (Phi) is 7.36. The minimum absolute atomic E-state index is 0.144. The summed E-state index contributed by atoms with van der Waals surface area (Å²) in [7, 11) is 4.79. The Hall–Kier alpha value is -3.26. The summed E-state index contributed by atoms with van der Waals surface area (Å²) in [6.45, 7) is 2.03. The first-order chi connectivity index (χ1) is 14.9. The van der Waals surface area contributed by atoms with E-state index in [-0.39, 0.29) is 12.5 Å². The molecule has 0 aliphatic carbocycles. The molecule has 164 valence electrons. The summed E-state index contributed by atoms with van der Waals surface area (Å²) in [4.78, 5) is 18.7. The van der Waals surface area contributed by atoms with Crippen LogP contribution in [0.3, 0.4) is 0 Å². The molecule has 0 saturated carbocycles. The van der Waals surface area contributed by atoms with Crippen molar-refractivity contribution in [1.29, 1.82) is 0 Å². The Balaban J connectivity index is 1.69. The van der Waals surface area contributed by atoms with Crippen molar-refractivity contribution in [2.45, 2.75) is 26.0 Å². The molecule has 0 bridgehead atoms. The Labute approximate surface area is 185 Å². The molecular formula is C22H24ClN3O5. The van der Waals surface area contributed by atoms with Crippen molar-refractivity contribution in [2.24, 2.45) is 0 Å². The molecule has 0 aliphatic rings. The number of amides is 1. The number of methoxy groups -OCH3 is 2. The number of hydrogen-bond acceptors (Lipinski definition) is 7. The summed E-state index contributed by atoms with van der Waals surface area (Å²) in [5, 5.41) is 4.62. The number of nitrogens with zero attached hydrogens (tertiary/aromatic N) is 3. The van der Waals surface area contributed by atoms with Crippen LogP contribution in [-0.4, -0.2) is 48.3 Å². The lowest BCUT2D eigenvalue weighted by Gasteiger charge is -2.22. The van der Waals surface area contributed by atoms with Gasteiger partial charge in [-0.2, -0.15) is 4.98 Å². The van der Waals surface area contributed by atoms with Crippen molar-refractivity contribution < 1.29 is 23.5 Å². The lowest BCUT2D eigenvalue weighted by molar-refractivity contribution is -0.138. The highest BCUT2D eigenvalue weighted by molar-refractivity contribution is 6.30. The topological polar surface area (TPSA) is 86.9 Å². The summed E-state index contributed by atoms with van der Waals surface area (Å²) in [6.07, 6.45) is -0.139. The van der Waals surface area contributed by atoms with Gasteiger partial charge in [0.2, 0.25) is 11.7 Å². The Morgan fingerprint density at radius 2 is 1.84 bits per heavy atom. The van der Waals surface area contributed by atoms with Crippen LogP contribution in [0.15, 0.2) is 47.0 Å². The molecule has 1 aromatic heterocycles. The van der Waals surface area contributed by atoms with E-state index in [1.807, 2.05) is 6.92 Å². The Bertz CT molecular complexity index is 1020. The van der Waals surface area contributed by atoms with Gasteiger partial charge in [0.15, 0.2) is 6.10 Å². The molecule has 1 amide bonds. The van der Waals surface area contributed by atoms with Gasteiger partial charge in [-0.05, 0) is 42.8 Å². The van der Waals surface area contributed by atoms with Crippen LogP contribution in [0.4, 0.5) is 0 Å². The van der Waals surface area contributed by atoms with E-state index >= 15 is 0 Å². The largest absolute Gasteiger partial charge is 0.497 e. The van der Waals surface area contributed by atoms with E-state index in [0.717, 1.165) is 0 Å². The van der Waals surface area contributed by atoms with E-state index in [4.69, 9.17) is 30.3 Å². The van der Waals surface area contributed by atoms with Gasteiger partial charge >= 0.3 is 0 Å². The second kappa shape index (κ2) is 10.2. The van der Waals surface area contributed by atoms with Crippen molar-refractivity contribution >= 4 is 17.5 Å². The quantitative estimate of drug-likeness (QED) is 0.487. The molecule has 0 spiro atoms. The van der Waals surface area contributed by atoms with E-state index in [1.54, 1.807) is 63.7 Å². The monoisotopic (exact) mass is 445 g/mol. The molecule has 0 aliphatic heterocycles. The number of benzene rings is 2. The first kappa shape index (κ1) is 22.4. The molecule has 3 aromatic rings. The summed E-state index contributed by atoms with van der Waals surface area (Å²) in [5.41, 5.74) is 0.657. The van der Waals surface area contributed by atoms with Crippen LogP contribution >= 0.6 is 11.6 Å². The predicted octanol–water partition coefficient (Wildman–Crippen LogP) is 4.22. The average molecular weight is 446 g/mol. The molecule has 31 heavy (non-hydrogen) atoms. The number of carbonyl (C=O) groups is 1. The van der Waals surface area contributed by atoms with Gasteiger partial charge in [-0.1, -0.05) is 23.7 Å². The maximum Gasteiger partial charge on any atom is 0.263 e. The van der Waals surface area contributed by atoms with Crippen LogP contribution in [0, 0.1) is 0 Å². The fourth-order valence-corrected chi connectivity index (χ4v) is 3.05. The second-order valence-corrected chi connectivity index (χ2v) is 7.18. The molecule has 3 rings (SSSR count). The third-order valence-corrected chi connectivity index (χ3v) is 4.86. The zero-order chi connectivity index (χ0) is 22.4. The van der Waals surface area contributed by atoms with Crippen LogP contribution in [0.1, 0.15) is 19.2 Å². The second-order valence-electron chi connectivity index (χ2n) is 6.74. The first-order valence-electron chi connectivity index (χ1n) is 9.67. The highest BCUT2D eigenvalue weighted by atomic mass is 35.5. The number of aromatic nitrogens is 2. The van der Waals surface area contributed by atoms with Crippen LogP contribution in [0.25, 0.3) is 11.4 Å². The van der Waals surface area contributed by atoms with Crippen LogP contribution in [0.2, 0.25) is 5.02 Å². The number of rotatable bonds is 9. The smallest absolute Gasteiger partial charge is 0.263 e. The molecule has 0 radical (unpaired) electrons. The number of likely N-dealkylation sites (N-methyl/N-ethyl adjacent to an activating group) is 1. The van der Waals surface area contributed by atoms with E-state index in [2.05, 4.69) is 10.1 Å². The van der Waals surface area contributed by atoms with E-state index < -0.39 is 6.10 Å². The van der Waals surface area contributed by atoms with Crippen molar-refractivity contribution in [2.75, 3.05) is 21.3 Å². The molecule has 1 unspecified atom stereocenters. The van der Waals surface area contributed by atoms with Crippen LogP contribution in [-0.2, 0) is 11.3 Å². The SMILES string of the molecule is CCC(Oc1ccc(Cl)cc1)C(=O)N(C)Cc1nc(-c2ccc(OC)cc2OC)no1. The lowest BCUT2D eigenvalue weighted by Crippen LogP contribution is -2.39. The Morgan fingerprint density at radius 1 is 1.13 bits per heavy atom. The zero-order valence-corrected chi connectivity index (χ0v) is 18.5. The van der Waals surface area contributed by atoms with E-state index in [9.17, 15) is 4.79 Å². The van der Waals surface area contributed by atoms with E-state index in [1.165, 1.54) is 4.90 Å². The van der Waals surface area contributed by atoms with Crippen molar-refractivity contribution in [3.05, 3.63) is 53.4 Å². The predicted molar refractivity (Wildman–Crippen MR) is 115 cm³/mol. The number of halogens is 1. The van der Waals surface area contributed by atoms with Gasteiger partial charge in [-0.3, -0.25) is 4.79 Å². The molecule has 0 saturated heterocycles. The van der Waals surface area contributed by atoms with Gasteiger partial charge in [-0.25, -0.2) is 0 Å². The average Bonchev–Trinajstić information content (AvgIpc) is 3.25. The summed E-state index contributed by atoms with van der Waals surface area (Å²) < 4.78 is 21.8. The van der Waals surface area contributed by atoms with Gasteiger partial charge in [-0.15, -0.1) is 0 Å². The Morgan fingerprint density at radius 3 is 2.48 bits per heavy atom. The molecule has 1 heterocycles. The summed E-state index contributed by atoms with van der Waals surface area (Å²) in [5.74, 6) is 2.24. The molecule has 2 aromatic carbocycles. The van der Waals surface area contributed by atoms with Crippen LogP contribution < -0.4 is 14.2 Å². The van der Waals surface area contributed by atoms with Crippen molar-refractivity contribution in [3.63, 3.8) is 0 Å². The highest BCUT2D eigenvalue weighted by Gasteiger charge is 2.24. The summed E-state index contributed by atoms with van der Waals surface area (Å²) >= 11 is 5.90. The number of hydrogen-bond donors (Lipinski definition) is 0. The summed E-state index contributed by atoms with van der Waals surface area (Å²) in [6, 6.07) is 12.2.